The van der Waals surface area contributed by atoms with Gasteiger partial charge in [-0.05, 0) is 30.3 Å². The molecule has 2 aromatic carbocycles. The lowest BCUT2D eigenvalue weighted by molar-refractivity contribution is 0.451. The SMILES string of the molecule is CC(C)(c1cccc(-c2cccc(-c3ccccc3)n2)n1)c1ccccc1O. The van der Waals surface area contributed by atoms with Crippen LogP contribution < -0.4 is 0 Å². The second-order valence-electron chi connectivity index (χ2n) is 7.32. The van der Waals surface area contributed by atoms with Crippen LogP contribution in [0, 0.1) is 0 Å². The Balaban J connectivity index is 1.75. The van der Waals surface area contributed by atoms with Gasteiger partial charge < -0.3 is 5.11 Å². The molecule has 4 aromatic rings. The number of para-hydroxylation sites is 1. The molecule has 3 nitrogen and oxygen atoms in total. The summed E-state index contributed by atoms with van der Waals surface area (Å²) in [6.07, 6.45) is 0. The standard InChI is InChI=1S/C25H22N2O/c1-25(2,19-12-6-7-16-23(19)28)24-17-9-15-22(27-24)21-14-8-13-20(26-21)18-10-4-3-5-11-18/h3-17,28H,1-2H3. The van der Waals surface area contributed by atoms with Crippen molar-refractivity contribution in [3.8, 4) is 28.4 Å². The Hall–Kier alpha value is -3.46. The van der Waals surface area contributed by atoms with Gasteiger partial charge in [0.15, 0.2) is 0 Å². The fraction of sp³-hybridized carbons (Fsp3) is 0.120. The molecule has 2 aromatic heterocycles. The first-order valence-corrected chi connectivity index (χ1v) is 9.34. The van der Waals surface area contributed by atoms with Crippen molar-refractivity contribution in [3.05, 3.63) is 102 Å². The Morgan fingerprint density at radius 2 is 1.21 bits per heavy atom. The highest BCUT2D eigenvalue weighted by Crippen LogP contribution is 2.36. The van der Waals surface area contributed by atoms with Crippen LogP contribution in [-0.4, -0.2) is 15.1 Å². The summed E-state index contributed by atoms with van der Waals surface area (Å²) in [7, 11) is 0. The van der Waals surface area contributed by atoms with Crippen molar-refractivity contribution in [2.24, 2.45) is 0 Å². The molecule has 0 aliphatic rings. The van der Waals surface area contributed by atoms with Crippen LogP contribution in [0.4, 0.5) is 0 Å². The smallest absolute Gasteiger partial charge is 0.119 e. The summed E-state index contributed by atoms with van der Waals surface area (Å²) in [6.45, 7) is 4.14. The lowest BCUT2D eigenvalue weighted by Crippen LogP contribution is -2.21. The highest BCUT2D eigenvalue weighted by atomic mass is 16.3. The van der Waals surface area contributed by atoms with Crippen LogP contribution in [0.3, 0.4) is 0 Å². The first kappa shape index (κ1) is 17.9. The lowest BCUT2D eigenvalue weighted by Gasteiger charge is -2.26. The quantitative estimate of drug-likeness (QED) is 0.493. The minimum absolute atomic E-state index is 0.281. The lowest BCUT2D eigenvalue weighted by atomic mass is 9.80. The van der Waals surface area contributed by atoms with Gasteiger partial charge in [0.25, 0.3) is 0 Å². The van der Waals surface area contributed by atoms with E-state index in [9.17, 15) is 5.11 Å². The van der Waals surface area contributed by atoms with E-state index in [-0.39, 0.29) is 5.75 Å². The average molecular weight is 366 g/mol. The molecule has 0 saturated heterocycles. The van der Waals surface area contributed by atoms with Crippen LogP contribution in [0.15, 0.2) is 91.0 Å². The average Bonchev–Trinajstić information content (AvgIpc) is 2.75. The highest BCUT2D eigenvalue weighted by molar-refractivity contribution is 5.64. The van der Waals surface area contributed by atoms with E-state index in [2.05, 4.69) is 26.0 Å². The Morgan fingerprint density at radius 1 is 0.607 bits per heavy atom. The van der Waals surface area contributed by atoms with E-state index in [0.29, 0.717) is 0 Å². The van der Waals surface area contributed by atoms with Gasteiger partial charge in [-0.15, -0.1) is 0 Å². The molecule has 0 fully saturated rings. The molecule has 4 rings (SSSR count). The minimum atomic E-state index is -0.432. The molecule has 0 spiro atoms. The summed E-state index contributed by atoms with van der Waals surface area (Å²) < 4.78 is 0. The highest BCUT2D eigenvalue weighted by Gasteiger charge is 2.27. The molecular formula is C25H22N2O. The van der Waals surface area contributed by atoms with E-state index < -0.39 is 5.41 Å². The van der Waals surface area contributed by atoms with Gasteiger partial charge in [0.2, 0.25) is 0 Å². The summed E-state index contributed by atoms with van der Waals surface area (Å²) in [5.41, 5.74) is 4.96. The number of hydrogen-bond donors (Lipinski definition) is 1. The molecule has 138 valence electrons. The normalized spacial score (nSPS) is 11.4. The van der Waals surface area contributed by atoms with Gasteiger partial charge in [0.05, 0.1) is 22.8 Å². The van der Waals surface area contributed by atoms with E-state index in [4.69, 9.17) is 9.97 Å². The molecule has 0 amide bonds. The molecule has 0 bridgehead atoms. The Labute approximate surface area is 165 Å². The van der Waals surface area contributed by atoms with Crippen molar-refractivity contribution in [3.63, 3.8) is 0 Å². The third-order valence-corrected chi connectivity index (χ3v) is 5.05. The maximum Gasteiger partial charge on any atom is 0.119 e. The Morgan fingerprint density at radius 3 is 1.96 bits per heavy atom. The van der Waals surface area contributed by atoms with E-state index in [1.807, 2.05) is 72.8 Å². The van der Waals surface area contributed by atoms with Crippen LogP contribution in [0.2, 0.25) is 0 Å². The van der Waals surface area contributed by atoms with E-state index in [0.717, 1.165) is 33.9 Å². The topological polar surface area (TPSA) is 46.0 Å². The molecule has 28 heavy (non-hydrogen) atoms. The number of hydrogen-bond acceptors (Lipinski definition) is 3. The molecule has 3 heteroatoms. The predicted molar refractivity (Wildman–Crippen MR) is 113 cm³/mol. The molecule has 1 N–H and O–H groups in total. The predicted octanol–water partition coefficient (Wildman–Crippen LogP) is 5.84. The Kier molecular flexibility index (Phi) is 4.66. The number of phenolic OH excluding ortho intramolecular Hbond substituents is 1. The third-order valence-electron chi connectivity index (χ3n) is 5.05. The van der Waals surface area contributed by atoms with Gasteiger partial charge in [-0.25, -0.2) is 4.98 Å². The van der Waals surface area contributed by atoms with Crippen molar-refractivity contribution in [2.75, 3.05) is 0 Å². The molecule has 0 aliphatic carbocycles. The second kappa shape index (κ2) is 7.28. The van der Waals surface area contributed by atoms with Gasteiger partial charge in [0, 0.05) is 16.5 Å². The van der Waals surface area contributed by atoms with E-state index in [1.54, 1.807) is 6.07 Å². The fourth-order valence-corrected chi connectivity index (χ4v) is 3.41. The number of aromatic hydroxyl groups is 1. The monoisotopic (exact) mass is 366 g/mol. The molecule has 2 heterocycles. The van der Waals surface area contributed by atoms with Gasteiger partial charge in [-0.3, -0.25) is 4.98 Å². The zero-order valence-electron chi connectivity index (χ0n) is 16.0. The van der Waals surface area contributed by atoms with Crippen molar-refractivity contribution in [1.82, 2.24) is 9.97 Å². The third kappa shape index (κ3) is 3.39. The van der Waals surface area contributed by atoms with Gasteiger partial charge in [0.1, 0.15) is 5.75 Å². The molecule has 0 saturated carbocycles. The number of phenols is 1. The van der Waals surface area contributed by atoms with Crippen molar-refractivity contribution < 1.29 is 5.11 Å². The van der Waals surface area contributed by atoms with Gasteiger partial charge >= 0.3 is 0 Å². The molecule has 0 aliphatic heterocycles. The van der Waals surface area contributed by atoms with Crippen molar-refractivity contribution >= 4 is 0 Å². The fourth-order valence-electron chi connectivity index (χ4n) is 3.41. The van der Waals surface area contributed by atoms with E-state index in [1.165, 1.54) is 0 Å². The summed E-state index contributed by atoms with van der Waals surface area (Å²) >= 11 is 0. The van der Waals surface area contributed by atoms with Crippen LogP contribution in [-0.2, 0) is 5.41 Å². The molecular weight excluding hydrogens is 344 g/mol. The zero-order chi connectivity index (χ0) is 19.6. The number of pyridine rings is 2. The van der Waals surface area contributed by atoms with Crippen molar-refractivity contribution in [1.29, 1.82) is 0 Å². The summed E-state index contributed by atoms with van der Waals surface area (Å²) in [5, 5.41) is 10.3. The second-order valence-corrected chi connectivity index (χ2v) is 7.32. The number of aromatic nitrogens is 2. The largest absolute Gasteiger partial charge is 0.508 e. The maximum atomic E-state index is 10.3. The summed E-state index contributed by atoms with van der Waals surface area (Å²) in [4.78, 5) is 9.71. The van der Waals surface area contributed by atoms with Crippen LogP contribution in [0.5, 0.6) is 5.75 Å². The summed E-state index contributed by atoms with van der Waals surface area (Å²) in [6, 6.07) is 29.5. The number of nitrogens with zero attached hydrogens (tertiary/aromatic N) is 2. The minimum Gasteiger partial charge on any atom is -0.508 e. The molecule has 0 radical (unpaired) electrons. The molecule has 0 atom stereocenters. The van der Waals surface area contributed by atoms with Crippen LogP contribution in [0.1, 0.15) is 25.1 Å². The first-order valence-electron chi connectivity index (χ1n) is 9.34. The van der Waals surface area contributed by atoms with Crippen LogP contribution >= 0.6 is 0 Å². The van der Waals surface area contributed by atoms with E-state index >= 15 is 0 Å². The van der Waals surface area contributed by atoms with Gasteiger partial charge in [-0.2, -0.15) is 0 Å². The van der Waals surface area contributed by atoms with Crippen molar-refractivity contribution in [2.45, 2.75) is 19.3 Å². The molecule has 0 unspecified atom stereocenters. The first-order chi connectivity index (χ1) is 13.6. The number of benzene rings is 2. The van der Waals surface area contributed by atoms with Crippen LogP contribution in [0.25, 0.3) is 22.6 Å². The maximum absolute atomic E-state index is 10.3. The number of rotatable bonds is 4. The summed E-state index contributed by atoms with van der Waals surface area (Å²) in [5.74, 6) is 0.281. The van der Waals surface area contributed by atoms with Gasteiger partial charge in [-0.1, -0.05) is 74.5 Å². The zero-order valence-corrected chi connectivity index (χ0v) is 16.0. The Bertz CT molecular complexity index is 1100.